The van der Waals surface area contributed by atoms with Crippen LogP contribution in [0.15, 0.2) is 0 Å². The molecule has 1 unspecified atom stereocenters. The van der Waals surface area contributed by atoms with Crippen molar-refractivity contribution in [3.05, 3.63) is 0 Å². The molecular weight excluding hydrogens is 210 g/mol. The number of nitrogens with zero attached hydrogens (tertiary/aromatic N) is 1. The Balaban J connectivity index is 2.11. The number of carboxylic acid groups (broad SMARTS) is 1. The van der Waals surface area contributed by atoms with Gasteiger partial charge in [0.25, 0.3) is 0 Å². The van der Waals surface area contributed by atoms with Crippen LogP contribution in [0.4, 0.5) is 4.79 Å². The lowest BCUT2D eigenvalue weighted by Crippen LogP contribution is -2.47. The lowest BCUT2D eigenvalue weighted by atomic mass is 10.2. The summed E-state index contributed by atoms with van der Waals surface area (Å²) < 4.78 is 5.22. The fourth-order valence-corrected chi connectivity index (χ4v) is 2.42. The predicted octanol–water partition coefficient (Wildman–Crippen LogP) is 1.47. The summed E-state index contributed by atoms with van der Waals surface area (Å²) in [6, 6.07) is 0. The Bertz CT molecular complexity index is 346. The molecule has 5 nitrogen and oxygen atoms in total. The monoisotopic (exact) mass is 227 g/mol. The third-order valence-corrected chi connectivity index (χ3v) is 3.24. The first-order valence-electron chi connectivity index (χ1n) is 5.51. The maximum Gasteiger partial charge on any atom is 0.411 e. The number of rotatable bonds is 1. The van der Waals surface area contributed by atoms with Crippen molar-refractivity contribution in [3.63, 3.8) is 0 Å². The molecule has 1 aliphatic carbocycles. The Morgan fingerprint density at radius 3 is 2.50 bits per heavy atom. The second kappa shape index (κ2) is 3.12. The minimum Gasteiger partial charge on any atom is -0.479 e. The summed E-state index contributed by atoms with van der Waals surface area (Å²) in [5.74, 6) is -0.779. The molecule has 2 fully saturated rings. The van der Waals surface area contributed by atoms with Crippen LogP contribution < -0.4 is 0 Å². The first kappa shape index (κ1) is 11.2. The number of amides is 1. The van der Waals surface area contributed by atoms with Crippen molar-refractivity contribution >= 4 is 12.1 Å². The van der Waals surface area contributed by atoms with Crippen molar-refractivity contribution in [1.29, 1.82) is 0 Å². The summed E-state index contributed by atoms with van der Waals surface area (Å²) in [6.07, 6.45) is 0.836. The Morgan fingerprint density at radius 1 is 1.44 bits per heavy atom. The van der Waals surface area contributed by atoms with E-state index in [1.165, 1.54) is 4.90 Å². The fourth-order valence-electron chi connectivity index (χ4n) is 2.42. The molecule has 2 rings (SSSR count). The van der Waals surface area contributed by atoms with Gasteiger partial charge in [-0.25, -0.2) is 9.59 Å². The highest BCUT2D eigenvalue weighted by atomic mass is 16.6. The normalized spacial score (nSPS) is 32.2. The summed E-state index contributed by atoms with van der Waals surface area (Å²) in [5, 5.41) is 9.18. The summed E-state index contributed by atoms with van der Waals surface area (Å²) in [4.78, 5) is 24.4. The quantitative estimate of drug-likeness (QED) is 0.736. The molecule has 0 spiro atoms. The zero-order chi connectivity index (χ0) is 12.1. The van der Waals surface area contributed by atoms with Crippen LogP contribution in [0, 0.1) is 5.92 Å². The molecule has 0 aromatic carbocycles. The molecule has 0 aromatic heterocycles. The lowest BCUT2D eigenvalue weighted by Gasteiger charge is -2.28. The van der Waals surface area contributed by atoms with Gasteiger partial charge in [0.05, 0.1) is 0 Å². The zero-order valence-electron chi connectivity index (χ0n) is 9.82. The molecule has 2 atom stereocenters. The first-order chi connectivity index (χ1) is 7.27. The maximum atomic E-state index is 11.8. The molecule has 5 heteroatoms. The van der Waals surface area contributed by atoms with Crippen LogP contribution in [0.5, 0.6) is 0 Å². The molecule has 90 valence electrons. The van der Waals surface area contributed by atoms with Gasteiger partial charge in [0.1, 0.15) is 11.1 Å². The molecule has 1 saturated heterocycles. The predicted molar refractivity (Wildman–Crippen MR) is 56.0 cm³/mol. The number of carbonyl (C=O) groups is 2. The number of fused-ring (bicyclic) bond motifs is 1. The van der Waals surface area contributed by atoms with Gasteiger partial charge in [-0.3, -0.25) is 4.90 Å². The smallest absolute Gasteiger partial charge is 0.411 e. The van der Waals surface area contributed by atoms with Gasteiger partial charge in [-0.1, -0.05) is 0 Å². The van der Waals surface area contributed by atoms with E-state index in [4.69, 9.17) is 4.74 Å². The molecule has 1 saturated carbocycles. The van der Waals surface area contributed by atoms with Gasteiger partial charge in [0.2, 0.25) is 0 Å². The highest BCUT2D eigenvalue weighted by molar-refractivity contribution is 5.89. The number of likely N-dealkylation sites (tertiary alicyclic amines) is 1. The van der Waals surface area contributed by atoms with Gasteiger partial charge in [-0.15, -0.1) is 0 Å². The van der Waals surface area contributed by atoms with Crippen LogP contribution in [0.25, 0.3) is 0 Å². The zero-order valence-corrected chi connectivity index (χ0v) is 9.82. The fraction of sp³-hybridized carbons (Fsp3) is 0.818. The van der Waals surface area contributed by atoms with Crippen molar-refractivity contribution in [2.24, 2.45) is 5.92 Å². The third-order valence-electron chi connectivity index (χ3n) is 3.24. The Morgan fingerprint density at radius 2 is 2.06 bits per heavy atom. The van der Waals surface area contributed by atoms with E-state index in [-0.39, 0.29) is 5.92 Å². The van der Waals surface area contributed by atoms with E-state index in [2.05, 4.69) is 0 Å². The summed E-state index contributed by atoms with van der Waals surface area (Å²) in [7, 11) is 0. The molecule has 2 aliphatic rings. The van der Waals surface area contributed by atoms with Gasteiger partial charge >= 0.3 is 12.1 Å². The lowest BCUT2D eigenvalue weighted by molar-refractivity contribution is -0.144. The van der Waals surface area contributed by atoms with Crippen LogP contribution in [-0.2, 0) is 9.53 Å². The number of hydrogen-bond acceptors (Lipinski definition) is 3. The number of ether oxygens (including phenoxy) is 1. The van der Waals surface area contributed by atoms with E-state index >= 15 is 0 Å². The van der Waals surface area contributed by atoms with E-state index in [1.54, 1.807) is 20.8 Å². The standard InChI is InChI=1S/C11H17NO4/c1-10(2,3)16-9(15)12-5-4-7-6-11(7,12)8(13)14/h7H,4-6H2,1-3H3,(H,13,14)/t7?,11-/m0/s1. The molecular formula is C11H17NO4. The SMILES string of the molecule is CC(C)(C)OC(=O)N1CCC2C[C@@]21C(=O)O. The first-order valence-corrected chi connectivity index (χ1v) is 5.51. The summed E-state index contributed by atoms with van der Waals surface area (Å²) in [5.41, 5.74) is -1.54. The molecule has 0 bridgehead atoms. The largest absolute Gasteiger partial charge is 0.479 e. The van der Waals surface area contributed by atoms with Crippen molar-refractivity contribution in [1.82, 2.24) is 4.90 Å². The summed E-state index contributed by atoms with van der Waals surface area (Å²) in [6.45, 7) is 5.82. The molecule has 16 heavy (non-hydrogen) atoms. The second-order valence-electron chi connectivity index (χ2n) is 5.55. The van der Waals surface area contributed by atoms with Gasteiger partial charge in [-0.05, 0) is 39.5 Å². The Kier molecular flexibility index (Phi) is 2.19. The Hall–Kier alpha value is -1.26. The van der Waals surface area contributed by atoms with Gasteiger partial charge in [0, 0.05) is 6.54 Å². The number of hydrogen-bond donors (Lipinski definition) is 1. The van der Waals surface area contributed by atoms with Crippen molar-refractivity contribution < 1.29 is 19.4 Å². The average molecular weight is 227 g/mol. The van der Waals surface area contributed by atoms with E-state index in [0.29, 0.717) is 13.0 Å². The minimum absolute atomic E-state index is 0.123. The van der Waals surface area contributed by atoms with Crippen LogP contribution in [0.3, 0.4) is 0 Å². The van der Waals surface area contributed by atoms with E-state index in [1.807, 2.05) is 0 Å². The van der Waals surface area contributed by atoms with E-state index < -0.39 is 23.2 Å². The van der Waals surface area contributed by atoms with E-state index in [0.717, 1.165) is 6.42 Å². The second-order valence-corrected chi connectivity index (χ2v) is 5.55. The van der Waals surface area contributed by atoms with Crippen LogP contribution in [0.2, 0.25) is 0 Å². The van der Waals surface area contributed by atoms with E-state index in [9.17, 15) is 14.7 Å². The van der Waals surface area contributed by atoms with Gasteiger partial charge in [0.15, 0.2) is 0 Å². The molecule has 0 aromatic rings. The highest BCUT2D eigenvalue weighted by Crippen LogP contribution is 2.56. The number of carbonyl (C=O) groups excluding carboxylic acids is 1. The number of piperidine rings is 1. The van der Waals surface area contributed by atoms with Crippen LogP contribution in [-0.4, -0.2) is 39.8 Å². The number of carboxylic acids is 1. The maximum absolute atomic E-state index is 11.8. The highest BCUT2D eigenvalue weighted by Gasteiger charge is 2.69. The third kappa shape index (κ3) is 1.54. The molecule has 1 amide bonds. The van der Waals surface area contributed by atoms with Crippen molar-refractivity contribution in [2.75, 3.05) is 6.54 Å². The minimum atomic E-state index is -0.956. The molecule has 1 N–H and O–H groups in total. The van der Waals surface area contributed by atoms with Crippen LogP contribution >= 0.6 is 0 Å². The average Bonchev–Trinajstić information content (AvgIpc) is 2.70. The Labute approximate surface area is 94.4 Å². The molecule has 1 heterocycles. The van der Waals surface area contributed by atoms with Gasteiger partial charge in [-0.2, -0.15) is 0 Å². The van der Waals surface area contributed by atoms with Crippen molar-refractivity contribution in [2.45, 2.75) is 44.8 Å². The topological polar surface area (TPSA) is 66.8 Å². The molecule has 1 aliphatic heterocycles. The van der Waals surface area contributed by atoms with Gasteiger partial charge < -0.3 is 9.84 Å². The number of aliphatic carboxylic acids is 1. The van der Waals surface area contributed by atoms with Crippen molar-refractivity contribution in [3.8, 4) is 0 Å². The summed E-state index contributed by atoms with van der Waals surface area (Å²) >= 11 is 0. The van der Waals surface area contributed by atoms with Crippen LogP contribution in [0.1, 0.15) is 33.6 Å². The molecule has 0 radical (unpaired) electrons.